The molecule has 3 amide bonds. The molecule has 1 N–H and O–H groups in total. The van der Waals surface area contributed by atoms with E-state index in [4.69, 9.17) is 0 Å². The van der Waals surface area contributed by atoms with Crippen molar-refractivity contribution in [2.45, 2.75) is 0 Å². The molecule has 1 fully saturated rings. The Labute approximate surface area is 156 Å². The summed E-state index contributed by atoms with van der Waals surface area (Å²) >= 11 is 0. The van der Waals surface area contributed by atoms with Crippen molar-refractivity contribution in [3.63, 3.8) is 0 Å². The first-order valence-corrected chi connectivity index (χ1v) is 8.81. The first-order chi connectivity index (χ1) is 13.2. The van der Waals surface area contributed by atoms with Crippen LogP contribution in [0.5, 0.6) is 0 Å². The third kappa shape index (κ3) is 3.72. The first-order valence-electron chi connectivity index (χ1n) is 8.81. The maximum atomic E-state index is 12.7. The predicted octanol–water partition coefficient (Wildman–Crippen LogP) is 2.62. The van der Waals surface area contributed by atoms with Gasteiger partial charge in [0.05, 0.1) is 11.9 Å². The Kier molecular flexibility index (Phi) is 4.65. The van der Waals surface area contributed by atoms with E-state index in [1.54, 1.807) is 40.5 Å². The summed E-state index contributed by atoms with van der Waals surface area (Å²) in [6.45, 7) is 1.92. The van der Waals surface area contributed by atoms with E-state index < -0.39 is 0 Å². The summed E-state index contributed by atoms with van der Waals surface area (Å²) in [5.41, 5.74) is 1.09. The lowest BCUT2D eigenvalue weighted by Crippen LogP contribution is -2.51. The van der Waals surface area contributed by atoms with Crippen LogP contribution in [0.4, 0.5) is 10.5 Å². The molecule has 136 valence electrons. The first kappa shape index (κ1) is 17.0. The third-order valence-corrected chi connectivity index (χ3v) is 4.62. The van der Waals surface area contributed by atoms with Crippen molar-refractivity contribution in [2.75, 3.05) is 31.5 Å². The number of carbonyl (C=O) groups excluding carboxylic acids is 2. The smallest absolute Gasteiger partial charge is 0.322 e. The van der Waals surface area contributed by atoms with Gasteiger partial charge in [0, 0.05) is 44.0 Å². The van der Waals surface area contributed by atoms with Gasteiger partial charge in [-0.05, 0) is 23.6 Å². The number of hydrogen-bond acceptors (Lipinski definition) is 4. The fraction of sp³-hybridized carbons (Fsp3) is 0.200. The predicted molar refractivity (Wildman–Crippen MR) is 102 cm³/mol. The minimum absolute atomic E-state index is 0.104. The molecule has 0 aliphatic carbocycles. The number of amides is 3. The molecule has 2 aromatic heterocycles. The van der Waals surface area contributed by atoms with E-state index in [0.717, 1.165) is 10.8 Å². The number of aromatic nitrogens is 2. The molecule has 0 atom stereocenters. The summed E-state index contributed by atoms with van der Waals surface area (Å²) < 4.78 is 0. The van der Waals surface area contributed by atoms with Gasteiger partial charge >= 0.3 is 6.03 Å². The number of fused-ring (bicyclic) bond motifs is 1. The number of hydrogen-bond donors (Lipinski definition) is 1. The summed E-state index contributed by atoms with van der Waals surface area (Å²) in [4.78, 5) is 36.8. The second-order valence-electron chi connectivity index (χ2n) is 6.37. The maximum Gasteiger partial charge on any atom is 0.322 e. The highest BCUT2D eigenvalue weighted by Gasteiger charge is 2.25. The largest absolute Gasteiger partial charge is 0.334 e. The number of benzene rings is 1. The number of nitrogens with zero attached hydrogens (tertiary/aromatic N) is 4. The zero-order chi connectivity index (χ0) is 18.6. The average Bonchev–Trinajstić information content (AvgIpc) is 2.73. The quantitative estimate of drug-likeness (QED) is 0.761. The van der Waals surface area contributed by atoms with Crippen molar-refractivity contribution in [1.29, 1.82) is 0 Å². The number of urea groups is 1. The van der Waals surface area contributed by atoms with Crippen LogP contribution in [0.25, 0.3) is 10.8 Å². The van der Waals surface area contributed by atoms with Gasteiger partial charge in [0.1, 0.15) is 5.69 Å². The molecule has 1 aromatic carbocycles. The fourth-order valence-corrected chi connectivity index (χ4v) is 3.11. The lowest BCUT2D eigenvalue weighted by atomic mass is 10.1. The van der Waals surface area contributed by atoms with Crippen molar-refractivity contribution < 1.29 is 9.59 Å². The molecule has 3 aromatic rings. The number of carbonyl (C=O) groups is 2. The van der Waals surface area contributed by atoms with Crippen molar-refractivity contribution in [3.05, 3.63) is 66.7 Å². The highest BCUT2D eigenvalue weighted by atomic mass is 16.2. The normalized spacial score (nSPS) is 14.2. The molecule has 0 unspecified atom stereocenters. The van der Waals surface area contributed by atoms with Crippen LogP contribution in [-0.2, 0) is 0 Å². The number of nitrogens with one attached hydrogen (secondary N) is 1. The molecule has 0 spiro atoms. The number of piperazine rings is 1. The van der Waals surface area contributed by atoms with Crippen molar-refractivity contribution in [2.24, 2.45) is 0 Å². The van der Waals surface area contributed by atoms with Crippen LogP contribution in [-0.4, -0.2) is 57.9 Å². The van der Waals surface area contributed by atoms with E-state index in [0.29, 0.717) is 37.6 Å². The van der Waals surface area contributed by atoms with Gasteiger partial charge in [-0.2, -0.15) is 0 Å². The second-order valence-corrected chi connectivity index (χ2v) is 6.37. The molecule has 3 heterocycles. The molecule has 4 rings (SSSR count). The van der Waals surface area contributed by atoms with Gasteiger partial charge in [0.15, 0.2) is 0 Å². The van der Waals surface area contributed by atoms with Gasteiger partial charge in [-0.3, -0.25) is 14.8 Å². The molecule has 7 nitrogen and oxygen atoms in total. The molecule has 1 saturated heterocycles. The topological polar surface area (TPSA) is 78.4 Å². The molecule has 27 heavy (non-hydrogen) atoms. The average molecular weight is 361 g/mol. The molecule has 7 heteroatoms. The van der Waals surface area contributed by atoms with Gasteiger partial charge in [-0.15, -0.1) is 0 Å². The molecule has 0 radical (unpaired) electrons. The second kappa shape index (κ2) is 7.41. The summed E-state index contributed by atoms with van der Waals surface area (Å²) in [7, 11) is 0. The van der Waals surface area contributed by atoms with Gasteiger partial charge in [-0.25, -0.2) is 4.79 Å². The van der Waals surface area contributed by atoms with E-state index in [2.05, 4.69) is 15.3 Å². The number of pyridine rings is 2. The van der Waals surface area contributed by atoms with Crippen LogP contribution in [0.2, 0.25) is 0 Å². The van der Waals surface area contributed by atoms with E-state index >= 15 is 0 Å². The van der Waals surface area contributed by atoms with Crippen LogP contribution >= 0.6 is 0 Å². The van der Waals surface area contributed by atoms with Crippen LogP contribution < -0.4 is 5.32 Å². The van der Waals surface area contributed by atoms with Gasteiger partial charge in [-0.1, -0.05) is 24.3 Å². The SMILES string of the molecule is O=C(Nc1cccnc1)N1CCN(C(=O)c2cc3ccccc3cn2)CC1. The number of anilines is 1. The van der Waals surface area contributed by atoms with E-state index in [1.807, 2.05) is 30.3 Å². The zero-order valence-corrected chi connectivity index (χ0v) is 14.7. The standard InChI is InChI=1S/C20H19N5O2/c26-19(18-12-15-4-1-2-5-16(15)13-22-18)24-8-10-25(11-9-24)20(27)23-17-6-3-7-21-14-17/h1-7,12-14H,8-11H2,(H,23,27). The fourth-order valence-electron chi connectivity index (χ4n) is 3.11. The lowest BCUT2D eigenvalue weighted by molar-refractivity contribution is 0.0666. The molecular formula is C20H19N5O2. The van der Waals surface area contributed by atoms with Gasteiger partial charge in [0.25, 0.3) is 5.91 Å². The minimum atomic E-state index is -0.182. The molecule has 0 saturated carbocycles. The van der Waals surface area contributed by atoms with E-state index in [1.165, 1.54) is 0 Å². The Hall–Kier alpha value is -3.48. The minimum Gasteiger partial charge on any atom is -0.334 e. The van der Waals surface area contributed by atoms with E-state index in [9.17, 15) is 9.59 Å². The molecular weight excluding hydrogens is 342 g/mol. The molecule has 1 aliphatic heterocycles. The summed E-state index contributed by atoms with van der Waals surface area (Å²) in [5, 5.41) is 4.81. The maximum absolute atomic E-state index is 12.7. The summed E-state index contributed by atoms with van der Waals surface area (Å²) in [6.07, 6.45) is 4.98. The summed E-state index contributed by atoms with van der Waals surface area (Å²) in [5.74, 6) is -0.104. The lowest BCUT2D eigenvalue weighted by Gasteiger charge is -2.34. The Morgan fingerprint density at radius 1 is 0.889 bits per heavy atom. The Bertz CT molecular complexity index is 968. The van der Waals surface area contributed by atoms with Crippen LogP contribution in [0.15, 0.2) is 61.1 Å². The number of rotatable bonds is 2. The molecule has 0 bridgehead atoms. The van der Waals surface area contributed by atoms with Gasteiger partial charge in [0.2, 0.25) is 0 Å². The summed E-state index contributed by atoms with van der Waals surface area (Å²) in [6, 6.07) is 13.0. The monoisotopic (exact) mass is 361 g/mol. The third-order valence-electron chi connectivity index (χ3n) is 4.62. The van der Waals surface area contributed by atoms with Crippen molar-refractivity contribution in [3.8, 4) is 0 Å². The Morgan fingerprint density at radius 3 is 2.37 bits per heavy atom. The van der Waals surface area contributed by atoms with E-state index in [-0.39, 0.29) is 11.9 Å². The highest BCUT2D eigenvalue weighted by Crippen LogP contribution is 2.16. The van der Waals surface area contributed by atoms with Gasteiger partial charge < -0.3 is 15.1 Å². The van der Waals surface area contributed by atoms with Crippen molar-refractivity contribution in [1.82, 2.24) is 19.8 Å². The van der Waals surface area contributed by atoms with Crippen molar-refractivity contribution >= 4 is 28.4 Å². The highest BCUT2D eigenvalue weighted by molar-refractivity contribution is 5.96. The van der Waals surface area contributed by atoms with Crippen LogP contribution in [0, 0.1) is 0 Å². The Morgan fingerprint density at radius 2 is 1.63 bits per heavy atom. The zero-order valence-electron chi connectivity index (χ0n) is 14.7. The Balaban J connectivity index is 1.38. The van der Waals surface area contributed by atoms with Crippen LogP contribution in [0.3, 0.4) is 0 Å². The molecule has 1 aliphatic rings. The van der Waals surface area contributed by atoms with Crippen LogP contribution in [0.1, 0.15) is 10.5 Å².